The Hall–Kier alpha value is -3.62. The molecule has 2 unspecified atom stereocenters. The molecule has 2 aliphatic rings. The van der Waals surface area contributed by atoms with Gasteiger partial charge in [0.2, 0.25) is 0 Å². The zero-order chi connectivity index (χ0) is 22.2. The molecule has 0 radical (unpaired) electrons. The van der Waals surface area contributed by atoms with Gasteiger partial charge < -0.3 is 19.4 Å². The maximum atomic E-state index is 13.6. The van der Waals surface area contributed by atoms with Crippen molar-refractivity contribution in [3.63, 3.8) is 0 Å². The molecule has 9 nitrogen and oxygen atoms in total. The first-order valence-electron chi connectivity index (χ1n) is 10.8. The van der Waals surface area contributed by atoms with Gasteiger partial charge in [0.25, 0.3) is 5.91 Å². The first-order valence-corrected chi connectivity index (χ1v) is 10.8. The summed E-state index contributed by atoms with van der Waals surface area (Å²) < 4.78 is 5.38. The van der Waals surface area contributed by atoms with E-state index in [1.54, 1.807) is 25.6 Å². The van der Waals surface area contributed by atoms with E-state index in [0.29, 0.717) is 29.5 Å². The monoisotopic (exact) mass is 433 g/mol. The van der Waals surface area contributed by atoms with Crippen molar-refractivity contribution in [3.05, 3.63) is 54.5 Å². The highest BCUT2D eigenvalue weighted by molar-refractivity contribution is 5.98. The maximum absolute atomic E-state index is 13.6. The number of rotatable bonds is 5. The predicted molar refractivity (Wildman–Crippen MR) is 122 cm³/mol. The van der Waals surface area contributed by atoms with Gasteiger partial charge in [0.1, 0.15) is 11.6 Å². The van der Waals surface area contributed by atoms with Gasteiger partial charge in [-0.2, -0.15) is 15.0 Å². The number of amides is 1. The number of hydrogen-bond acceptors (Lipinski definition) is 7. The molecule has 1 aromatic carbocycles. The molecule has 0 aliphatic carbocycles. The first-order chi connectivity index (χ1) is 15.5. The Morgan fingerprint density at radius 1 is 1.09 bits per heavy atom. The zero-order valence-electron chi connectivity index (χ0n) is 18.5. The molecule has 2 aromatic heterocycles. The van der Waals surface area contributed by atoms with Gasteiger partial charge in [-0.3, -0.25) is 4.79 Å². The molecule has 3 aromatic rings. The molecule has 166 valence electrons. The van der Waals surface area contributed by atoms with Crippen LogP contribution in [-0.2, 0) is 0 Å². The third kappa shape index (κ3) is 3.53. The van der Waals surface area contributed by atoms with E-state index in [1.807, 2.05) is 43.4 Å². The molecule has 5 rings (SSSR count). The first kappa shape index (κ1) is 20.3. The second-order valence-electron chi connectivity index (χ2n) is 8.49. The number of carbonyl (C=O) groups excluding carboxylic acids is 1. The van der Waals surface area contributed by atoms with Crippen LogP contribution in [0.5, 0.6) is 5.75 Å². The summed E-state index contributed by atoms with van der Waals surface area (Å²) in [5.74, 6) is 2.15. The Morgan fingerprint density at radius 3 is 2.66 bits per heavy atom. The number of ether oxygens (including phenoxy) is 1. The van der Waals surface area contributed by atoms with Gasteiger partial charge in [-0.1, -0.05) is 0 Å². The van der Waals surface area contributed by atoms with Crippen LogP contribution in [-0.4, -0.2) is 77.7 Å². The van der Waals surface area contributed by atoms with Crippen molar-refractivity contribution in [2.45, 2.75) is 12.5 Å². The lowest BCUT2D eigenvalue weighted by atomic mass is 9.82. The van der Waals surface area contributed by atoms with Gasteiger partial charge >= 0.3 is 0 Å². The Kier molecular flexibility index (Phi) is 5.16. The van der Waals surface area contributed by atoms with E-state index in [0.717, 1.165) is 31.0 Å². The molecule has 0 spiro atoms. The van der Waals surface area contributed by atoms with Crippen molar-refractivity contribution in [3.8, 4) is 11.4 Å². The van der Waals surface area contributed by atoms with Crippen LogP contribution >= 0.6 is 0 Å². The number of methoxy groups -OCH3 is 1. The minimum Gasteiger partial charge on any atom is -0.497 e. The average molecular weight is 434 g/mol. The van der Waals surface area contributed by atoms with Crippen LogP contribution in [0.1, 0.15) is 16.8 Å². The molecular weight excluding hydrogens is 406 g/mol. The van der Waals surface area contributed by atoms with Gasteiger partial charge in [0.15, 0.2) is 0 Å². The van der Waals surface area contributed by atoms with Gasteiger partial charge in [-0.05, 0) is 30.7 Å². The molecule has 9 heteroatoms. The molecule has 0 saturated carbocycles. The summed E-state index contributed by atoms with van der Waals surface area (Å²) in [6, 6.07) is 9.80. The topological polar surface area (TPSA) is 79.6 Å². The highest BCUT2D eigenvalue weighted by Gasteiger charge is 2.44. The molecule has 1 amide bonds. The standard InChI is InChI=1S/C23H27N7O2/c1-27(2)17-6-8-24-22(12-17)29-14-16-7-11-28(15-21(16)29)23(31)19-13-18(32-3)4-5-20(19)30-25-9-10-26-30/h4-6,8-10,12-13,16,21H,7,11,14-15H2,1-3H3. The van der Waals surface area contributed by atoms with Crippen LogP contribution in [0.25, 0.3) is 5.69 Å². The fourth-order valence-electron chi connectivity index (χ4n) is 4.59. The largest absolute Gasteiger partial charge is 0.497 e. The van der Waals surface area contributed by atoms with Crippen LogP contribution in [0, 0.1) is 5.92 Å². The number of fused-ring (bicyclic) bond motifs is 1. The van der Waals surface area contributed by atoms with Gasteiger partial charge in [0.05, 0.1) is 36.8 Å². The van der Waals surface area contributed by atoms with E-state index >= 15 is 0 Å². The number of hydrogen-bond donors (Lipinski definition) is 0. The maximum Gasteiger partial charge on any atom is 0.256 e. The Bertz CT molecular complexity index is 1120. The molecule has 0 N–H and O–H groups in total. The number of benzene rings is 1. The summed E-state index contributed by atoms with van der Waals surface area (Å²) >= 11 is 0. The number of carbonyl (C=O) groups is 1. The lowest BCUT2D eigenvalue weighted by Crippen LogP contribution is -2.65. The van der Waals surface area contributed by atoms with Crippen molar-refractivity contribution in [2.75, 3.05) is 50.6 Å². The van der Waals surface area contributed by atoms with E-state index in [4.69, 9.17) is 4.74 Å². The van der Waals surface area contributed by atoms with Crippen molar-refractivity contribution in [2.24, 2.45) is 5.92 Å². The van der Waals surface area contributed by atoms with Crippen molar-refractivity contribution >= 4 is 17.4 Å². The molecule has 32 heavy (non-hydrogen) atoms. The third-order valence-electron chi connectivity index (χ3n) is 6.45. The molecular formula is C23H27N7O2. The van der Waals surface area contributed by atoms with Crippen LogP contribution in [0.4, 0.5) is 11.5 Å². The van der Waals surface area contributed by atoms with E-state index in [2.05, 4.69) is 31.0 Å². The number of pyridine rings is 1. The summed E-state index contributed by atoms with van der Waals surface area (Å²) in [4.78, 5) is 26.0. The van der Waals surface area contributed by atoms with Gasteiger partial charge in [-0.25, -0.2) is 4.98 Å². The van der Waals surface area contributed by atoms with Crippen LogP contribution in [0.15, 0.2) is 48.9 Å². The lowest BCUT2D eigenvalue weighted by Gasteiger charge is -2.54. The lowest BCUT2D eigenvalue weighted by molar-refractivity contribution is 0.0590. The van der Waals surface area contributed by atoms with Crippen molar-refractivity contribution < 1.29 is 9.53 Å². The van der Waals surface area contributed by atoms with Gasteiger partial charge in [-0.15, -0.1) is 0 Å². The fraction of sp³-hybridized carbons (Fsp3) is 0.391. The minimum absolute atomic E-state index is 0.0310. The van der Waals surface area contributed by atoms with E-state index in [-0.39, 0.29) is 11.9 Å². The molecule has 4 heterocycles. The second kappa shape index (κ2) is 8.14. The Labute approximate surface area is 187 Å². The highest BCUT2D eigenvalue weighted by Crippen LogP contribution is 2.37. The fourth-order valence-corrected chi connectivity index (χ4v) is 4.59. The van der Waals surface area contributed by atoms with Crippen molar-refractivity contribution in [1.82, 2.24) is 24.9 Å². The van der Waals surface area contributed by atoms with Gasteiger partial charge in [0, 0.05) is 57.6 Å². The summed E-state index contributed by atoms with van der Waals surface area (Å²) in [5, 5.41) is 8.43. The molecule has 2 atom stereocenters. The predicted octanol–water partition coefficient (Wildman–Crippen LogP) is 2.09. The second-order valence-corrected chi connectivity index (χ2v) is 8.49. The van der Waals surface area contributed by atoms with E-state index < -0.39 is 0 Å². The summed E-state index contributed by atoms with van der Waals surface area (Å²) in [6.45, 7) is 2.39. The molecule has 2 saturated heterocycles. The number of anilines is 2. The van der Waals surface area contributed by atoms with E-state index in [1.165, 1.54) is 4.80 Å². The summed E-state index contributed by atoms with van der Waals surface area (Å²) in [6.07, 6.45) is 6.04. The quantitative estimate of drug-likeness (QED) is 0.610. The Morgan fingerprint density at radius 2 is 1.91 bits per heavy atom. The summed E-state index contributed by atoms with van der Waals surface area (Å²) in [7, 11) is 5.65. The summed E-state index contributed by atoms with van der Waals surface area (Å²) in [5.41, 5.74) is 2.31. The third-order valence-corrected chi connectivity index (χ3v) is 6.45. The zero-order valence-corrected chi connectivity index (χ0v) is 18.5. The van der Waals surface area contributed by atoms with Crippen LogP contribution in [0.2, 0.25) is 0 Å². The molecule has 2 fully saturated rings. The number of piperidine rings is 1. The molecule has 0 bridgehead atoms. The highest BCUT2D eigenvalue weighted by atomic mass is 16.5. The Balaban J connectivity index is 1.39. The minimum atomic E-state index is -0.0310. The van der Waals surface area contributed by atoms with Crippen LogP contribution in [0.3, 0.4) is 0 Å². The normalized spacial score (nSPS) is 19.8. The van der Waals surface area contributed by atoms with E-state index in [9.17, 15) is 4.79 Å². The smallest absolute Gasteiger partial charge is 0.256 e. The number of nitrogens with zero attached hydrogens (tertiary/aromatic N) is 7. The van der Waals surface area contributed by atoms with Crippen LogP contribution < -0.4 is 14.5 Å². The van der Waals surface area contributed by atoms with Crippen molar-refractivity contribution in [1.29, 1.82) is 0 Å². The SMILES string of the molecule is COc1ccc(-n2nccn2)c(C(=O)N2CCC3CN(c4cc(N(C)C)ccn4)C3C2)c1. The average Bonchev–Trinajstić information content (AvgIpc) is 3.34. The molecule has 2 aliphatic heterocycles. The number of likely N-dealkylation sites (tertiary alicyclic amines) is 1. The number of aromatic nitrogens is 4.